The number of unbranched alkanes of at least 4 members (excludes halogenated alkanes) is 25. The highest BCUT2D eigenvalue weighted by atomic mass is 16.5. The Morgan fingerprint density at radius 3 is 1.22 bits per heavy atom. The van der Waals surface area contributed by atoms with Gasteiger partial charge in [0.2, 0.25) is 0 Å². The van der Waals surface area contributed by atoms with Crippen molar-refractivity contribution in [3.05, 3.63) is 24.3 Å². The first kappa shape index (κ1) is 47.0. The second kappa shape index (κ2) is 43.9. The molecule has 0 aliphatic rings. The third-order valence-electron chi connectivity index (χ3n) is 8.80. The normalized spacial score (nSPS) is 11.5. The summed E-state index contributed by atoms with van der Waals surface area (Å²) in [7, 11) is 4.05. The van der Waals surface area contributed by atoms with Gasteiger partial charge < -0.3 is 9.64 Å². The lowest BCUT2D eigenvalue weighted by Gasteiger charge is -2.08. The van der Waals surface area contributed by atoms with Crippen LogP contribution in [0.25, 0.3) is 0 Å². The highest BCUT2D eigenvalue weighted by Gasteiger charge is 2.03. The Bertz CT molecular complexity index is 596. The molecule has 274 valence electrons. The quantitative estimate of drug-likeness (QED) is 0.0389. The maximum Gasteiger partial charge on any atom is 0.305 e. The maximum atomic E-state index is 11.5. The molecule has 0 aliphatic carbocycles. The Hall–Kier alpha value is -1.09. The van der Waals surface area contributed by atoms with Gasteiger partial charge in [0, 0.05) is 6.42 Å². The van der Waals surface area contributed by atoms with Gasteiger partial charge in [0.1, 0.15) is 0 Å². The summed E-state index contributed by atoms with van der Waals surface area (Å²) in [5.41, 5.74) is 0. The van der Waals surface area contributed by atoms with Gasteiger partial charge in [-0.2, -0.15) is 0 Å². The lowest BCUT2D eigenvalue weighted by molar-refractivity contribution is -0.143. The molecule has 3 nitrogen and oxygen atoms in total. The van der Waals surface area contributed by atoms with E-state index in [0.29, 0.717) is 13.0 Å². The van der Waals surface area contributed by atoms with E-state index in [1.807, 2.05) is 14.1 Å². The number of rotatable bonds is 35. The monoisotopic (exact) mass is 648 g/mol. The molecule has 0 bridgehead atoms. The van der Waals surface area contributed by atoms with Gasteiger partial charge in [0.25, 0.3) is 0 Å². The first-order chi connectivity index (χ1) is 22.6. The van der Waals surface area contributed by atoms with Crippen LogP contribution in [0.5, 0.6) is 0 Å². The van der Waals surface area contributed by atoms with Crippen LogP contribution in [0.4, 0.5) is 0 Å². The Balaban J connectivity index is 0. The molecule has 46 heavy (non-hydrogen) atoms. The van der Waals surface area contributed by atoms with Crippen molar-refractivity contribution in [3.8, 4) is 0 Å². The number of allylic oxidation sites excluding steroid dienone is 4. The van der Waals surface area contributed by atoms with E-state index in [-0.39, 0.29) is 5.97 Å². The molecule has 0 saturated carbocycles. The Labute approximate surface area is 291 Å². The van der Waals surface area contributed by atoms with E-state index in [1.54, 1.807) is 0 Å². The lowest BCUT2D eigenvalue weighted by atomic mass is 10.0. The van der Waals surface area contributed by atoms with E-state index in [4.69, 9.17) is 4.74 Å². The molecule has 3 heteroatoms. The molecule has 0 aromatic heterocycles. The van der Waals surface area contributed by atoms with Crippen LogP contribution in [-0.2, 0) is 9.53 Å². The van der Waals surface area contributed by atoms with Gasteiger partial charge in [-0.05, 0) is 65.6 Å². The summed E-state index contributed by atoms with van der Waals surface area (Å²) in [4.78, 5) is 13.6. The van der Waals surface area contributed by atoms with Crippen molar-refractivity contribution in [2.24, 2.45) is 0 Å². The number of hydrogen-bond donors (Lipinski definition) is 0. The third-order valence-corrected chi connectivity index (χ3v) is 8.80. The van der Waals surface area contributed by atoms with Crippen LogP contribution in [-0.4, -0.2) is 38.1 Å². The fourth-order valence-electron chi connectivity index (χ4n) is 5.69. The van der Waals surface area contributed by atoms with Crippen molar-refractivity contribution >= 4 is 5.97 Å². The smallest absolute Gasteiger partial charge is 0.305 e. The zero-order chi connectivity index (χ0) is 34.0. The minimum absolute atomic E-state index is 0.0422. The second-order valence-electron chi connectivity index (χ2n) is 14.0. The van der Waals surface area contributed by atoms with Crippen molar-refractivity contribution < 1.29 is 9.53 Å². The number of carbonyl (C=O) groups excluding carboxylic acids is 1. The van der Waals surface area contributed by atoms with Gasteiger partial charge in [0.05, 0.1) is 6.61 Å². The zero-order valence-electron chi connectivity index (χ0n) is 32.4. The van der Waals surface area contributed by atoms with E-state index >= 15 is 0 Å². The maximum absolute atomic E-state index is 11.5. The standard InChI is InChI=1S/C24H45NO2.C19H40/c1-4-5-6-7-8-9-10-11-12-13-14-15-16-17-18-19-23-27-24(26)21-20-22-25(2)3;1-3-5-7-9-11-13-15-17-19-18-16-14-12-10-8-6-4-2/h8-9,11-12H,4-7,10,13-23H2,1-3H3;3-19H2,1-2H3/b9-8-,12-11-;. The number of hydrogen-bond acceptors (Lipinski definition) is 3. The largest absolute Gasteiger partial charge is 0.466 e. The molecule has 0 spiro atoms. The van der Waals surface area contributed by atoms with Gasteiger partial charge in [-0.15, -0.1) is 0 Å². The van der Waals surface area contributed by atoms with E-state index in [2.05, 4.69) is 50.0 Å². The number of esters is 1. The molecule has 0 atom stereocenters. The molecule has 0 saturated heterocycles. The summed E-state index contributed by atoms with van der Waals surface area (Å²) in [5.74, 6) is -0.0422. The predicted molar refractivity (Wildman–Crippen MR) is 208 cm³/mol. The molecule has 0 radical (unpaired) electrons. The first-order valence-corrected chi connectivity index (χ1v) is 20.7. The second-order valence-corrected chi connectivity index (χ2v) is 14.0. The fourth-order valence-corrected chi connectivity index (χ4v) is 5.69. The molecule has 0 amide bonds. The van der Waals surface area contributed by atoms with Crippen molar-refractivity contribution in [2.45, 2.75) is 220 Å². The minimum atomic E-state index is -0.0422. The average molecular weight is 648 g/mol. The molecule has 0 rings (SSSR count). The Morgan fingerprint density at radius 1 is 0.457 bits per heavy atom. The highest BCUT2D eigenvalue weighted by Crippen LogP contribution is 2.14. The van der Waals surface area contributed by atoms with Crippen LogP contribution in [0, 0.1) is 0 Å². The number of carbonyl (C=O) groups is 1. The van der Waals surface area contributed by atoms with Crippen LogP contribution < -0.4 is 0 Å². The molecule has 0 heterocycles. The first-order valence-electron chi connectivity index (χ1n) is 20.7. The average Bonchev–Trinajstić information content (AvgIpc) is 3.04. The Kier molecular flexibility index (Phi) is 44.9. The number of ether oxygens (including phenoxy) is 1. The van der Waals surface area contributed by atoms with Crippen LogP contribution in [0.15, 0.2) is 24.3 Å². The molecular formula is C43H85NO2. The minimum Gasteiger partial charge on any atom is -0.466 e. The van der Waals surface area contributed by atoms with Crippen molar-refractivity contribution in [2.75, 3.05) is 27.2 Å². The van der Waals surface area contributed by atoms with Crippen LogP contribution in [0.3, 0.4) is 0 Å². The van der Waals surface area contributed by atoms with Gasteiger partial charge in [-0.3, -0.25) is 4.79 Å². The molecule has 0 aromatic carbocycles. The molecule has 0 unspecified atom stereocenters. The fraction of sp³-hybridized carbons (Fsp3) is 0.884. The summed E-state index contributed by atoms with van der Waals surface area (Å²) in [6.45, 7) is 8.38. The van der Waals surface area contributed by atoms with Crippen LogP contribution >= 0.6 is 0 Å². The molecular weight excluding hydrogens is 562 g/mol. The number of nitrogens with zero attached hydrogens (tertiary/aromatic N) is 1. The lowest BCUT2D eigenvalue weighted by Crippen LogP contribution is -2.15. The third kappa shape index (κ3) is 47.3. The van der Waals surface area contributed by atoms with Crippen molar-refractivity contribution in [1.29, 1.82) is 0 Å². The molecule has 0 aliphatic heterocycles. The molecule has 0 aromatic rings. The molecule has 0 fully saturated rings. The van der Waals surface area contributed by atoms with Crippen molar-refractivity contribution in [3.63, 3.8) is 0 Å². The van der Waals surface area contributed by atoms with Gasteiger partial charge >= 0.3 is 5.97 Å². The zero-order valence-corrected chi connectivity index (χ0v) is 32.4. The molecule has 0 N–H and O–H groups in total. The van der Waals surface area contributed by atoms with E-state index in [9.17, 15) is 4.79 Å². The van der Waals surface area contributed by atoms with E-state index < -0.39 is 0 Å². The van der Waals surface area contributed by atoms with Gasteiger partial charge in [-0.1, -0.05) is 193 Å². The summed E-state index contributed by atoms with van der Waals surface area (Å²) in [6.07, 6.45) is 50.4. The van der Waals surface area contributed by atoms with Crippen LogP contribution in [0.1, 0.15) is 220 Å². The highest BCUT2D eigenvalue weighted by molar-refractivity contribution is 5.69. The van der Waals surface area contributed by atoms with Crippen LogP contribution in [0.2, 0.25) is 0 Å². The summed E-state index contributed by atoms with van der Waals surface area (Å²) in [5, 5.41) is 0. The van der Waals surface area contributed by atoms with Crippen molar-refractivity contribution in [1.82, 2.24) is 4.90 Å². The summed E-state index contributed by atoms with van der Waals surface area (Å²) >= 11 is 0. The summed E-state index contributed by atoms with van der Waals surface area (Å²) in [6, 6.07) is 0. The predicted octanol–water partition coefficient (Wildman–Crippen LogP) is 14.3. The van der Waals surface area contributed by atoms with Gasteiger partial charge in [-0.25, -0.2) is 0 Å². The van der Waals surface area contributed by atoms with E-state index in [0.717, 1.165) is 25.8 Å². The van der Waals surface area contributed by atoms with E-state index in [1.165, 1.54) is 173 Å². The Morgan fingerprint density at radius 2 is 0.804 bits per heavy atom. The SMILES string of the molecule is CCCCC/C=C\C/C=C\CCCCCCCCOC(=O)CCCN(C)C.CCCCCCCCCCCCCCCCCCC. The summed E-state index contributed by atoms with van der Waals surface area (Å²) < 4.78 is 5.27. The topological polar surface area (TPSA) is 29.5 Å². The van der Waals surface area contributed by atoms with Gasteiger partial charge in [0.15, 0.2) is 0 Å².